The molecule has 0 aromatic rings. The van der Waals surface area contributed by atoms with E-state index in [1.807, 2.05) is 0 Å². The number of rotatable bonds is 1. The highest BCUT2D eigenvalue weighted by Crippen LogP contribution is 2.48. The van der Waals surface area contributed by atoms with E-state index in [1.54, 1.807) is 0 Å². The van der Waals surface area contributed by atoms with Crippen LogP contribution in [0.3, 0.4) is 0 Å². The molecule has 2 fully saturated rings. The van der Waals surface area contributed by atoms with Crippen LogP contribution in [0.5, 0.6) is 0 Å². The Labute approximate surface area is 81.9 Å². The molecule has 0 spiro atoms. The van der Waals surface area contributed by atoms with E-state index in [0.29, 0.717) is 6.10 Å². The predicted octanol–water partition coefficient (Wildman–Crippen LogP) is 3.24. The molecule has 0 aromatic heterocycles. The molecule has 76 valence electrons. The van der Waals surface area contributed by atoms with Crippen LogP contribution >= 0.6 is 0 Å². The maximum atomic E-state index is 6.05. The lowest BCUT2D eigenvalue weighted by Crippen LogP contribution is -2.21. The maximum Gasteiger partial charge on any atom is 0.0634 e. The molecule has 3 atom stereocenters. The third-order valence-electron chi connectivity index (χ3n) is 3.83. The molecule has 1 heterocycles. The van der Waals surface area contributed by atoms with Crippen LogP contribution in [-0.4, -0.2) is 11.7 Å². The van der Waals surface area contributed by atoms with E-state index < -0.39 is 0 Å². The largest absolute Gasteiger partial charge is 0.372 e. The second-order valence-electron chi connectivity index (χ2n) is 5.86. The summed E-state index contributed by atoms with van der Waals surface area (Å²) in [5, 5.41) is 0. The first-order valence-electron chi connectivity index (χ1n) is 5.66. The van der Waals surface area contributed by atoms with Gasteiger partial charge >= 0.3 is 0 Å². The molecule has 0 radical (unpaired) electrons. The van der Waals surface area contributed by atoms with Crippen LogP contribution < -0.4 is 0 Å². The first-order valence-corrected chi connectivity index (χ1v) is 5.66. The van der Waals surface area contributed by atoms with E-state index >= 15 is 0 Å². The van der Waals surface area contributed by atoms with E-state index in [2.05, 4.69) is 27.7 Å². The topological polar surface area (TPSA) is 9.23 Å². The minimum absolute atomic E-state index is 0.164. The van der Waals surface area contributed by atoms with Crippen molar-refractivity contribution in [1.29, 1.82) is 0 Å². The standard InChI is InChI=1S/C12H22O/c1-8(2)9-5-10-7-12(3,4)13-11(10)6-9/h8-11H,5-7H2,1-4H3/t9?,10-,11-/m0/s1. The van der Waals surface area contributed by atoms with Crippen molar-refractivity contribution in [1.82, 2.24) is 0 Å². The highest BCUT2D eigenvalue weighted by molar-refractivity contribution is 4.95. The zero-order chi connectivity index (χ0) is 9.64. The monoisotopic (exact) mass is 182 g/mol. The Balaban J connectivity index is 1.97. The minimum Gasteiger partial charge on any atom is -0.372 e. The average Bonchev–Trinajstić information content (AvgIpc) is 2.39. The fourth-order valence-corrected chi connectivity index (χ4v) is 3.12. The molecule has 1 heteroatoms. The van der Waals surface area contributed by atoms with E-state index in [4.69, 9.17) is 4.74 Å². The molecule has 2 rings (SSSR count). The van der Waals surface area contributed by atoms with Crippen LogP contribution in [0.4, 0.5) is 0 Å². The van der Waals surface area contributed by atoms with Crippen molar-refractivity contribution in [2.75, 3.05) is 0 Å². The zero-order valence-corrected chi connectivity index (χ0v) is 9.34. The van der Waals surface area contributed by atoms with Crippen LogP contribution in [0.2, 0.25) is 0 Å². The van der Waals surface area contributed by atoms with E-state index in [0.717, 1.165) is 17.8 Å². The lowest BCUT2D eigenvalue weighted by atomic mass is 9.90. The smallest absolute Gasteiger partial charge is 0.0634 e. The van der Waals surface area contributed by atoms with Gasteiger partial charge in [-0.1, -0.05) is 13.8 Å². The van der Waals surface area contributed by atoms with Crippen LogP contribution in [0.25, 0.3) is 0 Å². The van der Waals surface area contributed by atoms with Crippen molar-refractivity contribution in [2.24, 2.45) is 17.8 Å². The number of ether oxygens (including phenoxy) is 1. The number of fused-ring (bicyclic) bond motifs is 1. The van der Waals surface area contributed by atoms with E-state index in [1.165, 1.54) is 19.3 Å². The van der Waals surface area contributed by atoms with Crippen molar-refractivity contribution in [3.8, 4) is 0 Å². The molecule has 2 aliphatic rings. The Bertz CT molecular complexity index is 179. The molecule has 0 N–H and O–H groups in total. The summed E-state index contributed by atoms with van der Waals surface area (Å²) in [5.41, 5.74) is 0.164. The molecule has 1 saturated heterocycles. The summed E-state index contributed by atoms with van der Waals surface area (Å²) in [4.78, 5) is 0. The summed E-state index contributed by atoms with van der Waals surface area (Å²) in [7, 11) is 0. The van der Waals surface area contributed by atoms with Gasteiger partial charge in [0.1, 0.15) is 0 Å². The van der Waals surface area contributed by atoms with Gasteiger partial charge in [0.05, 0.1) is 11.7 Å². The molecule has 13 heavy (non-hydrogen) atoms. The van der Waals surface area contributed by atoms with Gasteiger partial charge in [0, 0.05) is 0 Å². The summed E-state index contributed by atoms with van der Waals surface area (Å²) in [5.74, 6) is 2.63. The Morgan fingerprint density at radius 1 is 1.23 bits per heavy atom. The third kappa shape index (κ3) is 1.76. The van der Waals surface area contributed by atoms with Crippen LogP contribution in [0.15, 0.2) is 0 Å². The summed E-state index contributed by atoms with van der Waals surface area (Å²) in [6, 6.07) is 0. The normalized spacial score (nSPS) is 42.7. The Kier molecular flexibility index (Phi) is 2.18. The first kappa shape index (κ1) is 9.51. The van der Waals surface area contributed by atoms with Gasteiger partial charge in [0.15, 0.2) is 0 Å². The Morgan fingerprint density at radius 3 is 2.46 bits per heavy atom. The van der Waals surface area contributed by atoms with Crippen molar-refractivity contribution in [2.45, 2.75) is 58.7 Å². The molecule has 1 unspecified atom stereocenters. The van der Waals surface area contributed by atoms with Crippen LogP contribution in [0, 0.1) is 17.8 Å². The lowest BCUT2D eigenvalue weighted by Gasteiger charge is -2.22. The number of hydrogen-bond donors (Lipinski definition) is 0. The Hall–Kier alpha value is -0.0400. The maximum absolute atomic E-state index is 6.05. The lowest BCUT2D eigenvalue weighted by molar-refractivity contribution is -0.0213. The van der Waals surface area contributed by atoms with Gasteiger partial charge < -0.3 is 4.74 Å². The summed E-state index contributed by atoms with van der Waals surface area (Å²) in [6.07, 6.45) is 4.58. The van der Waals surface area contributed by atoms with E-state index in [-0.39, 0.29) is 5.60 Å². The molecule has 1 nitrogen and oxygen atoms in total. The van der Waals surface area contributed by atoms with Crippen molar-refractivity contribution < 1.29 is 4.74 Å². The van der Waals surface area contributed by atoms with Gasteiger partial charge in [0.25, 0.3) is 0 Å². The summed E-state index contributed by atoms with van der Waals surface area (Å²) < 4.78 is 6.05. The van der Waals surface area contributed by atoms with E-state index in [9.17, 15) is 0 Å². The molecule has 0 amide bonds. The molecule has 0 aromatic carbocycles. The highest BCUT2D eigenvalue weighted by Gasteiger charge is 2.46. The Morgan fingerprint density at radius 2 is 1.92 bits per heavy atom. The number of hydrogen-bond acceptors (Lipinski definition) is 1. The quantitative estimate of drug-likeness (QED) is 0.605. The minimum atomic E-state index is 0.164. The average molecular weight is 182 g/mol. The second kappa shape index (κ2) is 2.98. The highest BCUT2D eigenvalue weighted by atomic mass is 16.5. The molecule has 1 aliphatic carbocycles. The van der Waals surface area contributed by atoms with Crippen LogP contribution in [0.1, 0.15) is 47.0 Å². The van der Waals surface area contributed by atoms with Crippen molar-refractivity contribution in [3.63, 3.8) is 0 Å². The molecule has 0 bridgehead atoms. The molecule has 1 aliphatic heterocycles. The first-order chi connectivity index (χ1) is 5.98. The predicted molar refractivity (Wildman–Crippen MR) is 54.6 cm³/mol. The molecular weight excluding hydrogens is 160 g/mol. The fraction of sp³-hybridized carbons (Fsp3) is 1.00. The third-order valence-corrected chi connectivity index (χ3v) is 3.83. The molecular formula is C12H22O. The van der Waals surface area contributed by atoms with Gasteiger partial charge in [0.2, 0.25) is 0 Å². The summed E-state index contributed by atoms with van der Waals surface area (Å²) >= 11 is 0. The van der Waals surface area contributed by atoms with Crippen molar-refractivity contribution >= 4 is 0 Å². The molecule has 1 saturated carbocycles. The second-order valence-corrected chi connectivity index (χ2v) is 5.86. The summed E-state index contributed by atoms with van der Waals surface area (Å²) in [6.45, 7) is 9.15. The SMILES string of the molecule is CC(C)C1C[C@H]2CC(C)(C)O[C@H]2C1. The van der Waals surface area contributed by atoms with Gasteiger partial charge in [-0.05, 0) is 50.9 Å². The van der Waals surface area contributed by atoms with Gasteiger partial charge in [-0.2, -0.15) is 0 Å². The van der Waals surface area contributed by atoms with Gasteiger partial charge in [-0.25, -0.2) is 0 Å². The van der Waals surface area contributed by atoms with Gasteiger partial charge in [-0.15, -0.1) is 0 Å². The fourth-order valence-electron chi connectivity index (χ4n) is 3.12. The zero-order valence-electron chi connectivity index (χ0n) is 9.34. The van der Waals surface area contributed by atoms with Gasteiger partial charge in [-0.3, -0.25) is 0 Å². The van der Waals surface area contributed by atoms with Crippen LogP contribution in [-0.2, 0) is 4.74 Å². The van der Waals surface area contributed by atoms with Crippen molar-refractivity contribution in [3.05, 3.63) is 0 Å².